The van der Waals surface area contributed by atoms with Crippen molar-refractivity contribution in [3.63, 3.8) is 0 Å². The summed E-state index contributed by atoms with van der Waals surface area (Å²) in [7, 11) is -9.56. The van der Waals surface area contributed by atoms with Crippen LogP contribution in [-0.4, -0.2) is 36.2 Å². The molecule has 6 aromatic rings. The molecule has 6 rings (SSSR count). The van der Waals surface area contributed by atoms with Gasteiger partial charge in [-0.2, -0.15) is 21.9 Å². The maximum Gasteiger partial charge on any atom is 0.295 e. The highest BCUT2D eigenvalue weighted by atomic mass is 32.2. The number of hydrazine groups is 1. The molecule has 0 saturated heterocycles. The molecule has 0 saturated carbocycles. The molecular weight excluding hydrogens is 657 g/mol. The summed E-state index contributed by atoms with van der Waals surface area (Å²) in [5.74, 6) is -0.185. The first kappa shape index (κ1) is 32.2. The molecule has 0 radical (unpaired) electrons. The third-order valence-electron chi connectivity index (χ3n) is 7.39. The van der Waals surface area contributed by atoms with Gasteiger partial charge in [0.15, 0.2) is 0 Å². The number of benzene rings is 6. The minimum absolute atomic E-state index is 0.00698. The number of anilines is 2. The standard InChI is InChI=1S/C34H26N4O8S2/c39-29-17-13-21-5-1-3-7-27(21)33(29)37-35-25-15-11-23(31(19-25)47(41,42)43)9-10-24-12-16-26(20-32(24)48(44,45)46)36-38-34-28-8-4-2-6-22(28)14-18-30(34)40/h1-20,35,37,39-40H,(H,41,42,43)(H,44,45,46)/b10-9-,38-36?. The summed E-state index contributed by atoms with van der Waals surface area (Å²) in [6, 6.07) is 28.8. The fraction of sp³-hybridized carbons (Fsp3) is 0. The Morgan fingerprint density at radius 2 is 1.12 bits per heavy atom. The van der Waals surface area contributed by atoms with E-state index in [-0.39, 0.29) is 39.7 Å². The molecule has 0 atom stereocenters. The van der Waals surface area contributed by atoms with Crippen LogP contribution < -0.4 is 10.9 Å². The van der Waals surface area contributed by atoms with E-state index in [4.69, 9.17) is 0 Å². The molecule has 14 heteroatoms. The van der Waals surface area contributed by atoms with Gasteiger partial charge in [0, 0.05) is 10.8 Å². The topological polar surface area (TPSA) is 198 Å². The zero-order chi connectivity index (χ0) is 34.1. The second-order valence-electron chi connectivity index (χ2n) is 10.5. The third-order valence-corrected chi connectivity index (χ3v) is 9.21. The summed E-state index contributed by atoms with van der Waals surface area (Å²) in [5.41, 5.74) is 6.47. The Morgan fingerprint density at radius 3 is 1.79 bits per heavy atom. The van der Waals surface area contributed by atoms with Gasteiger partial charge in [0.2, 0.25) is 0 Å². The molecule has 0 unspecified atom stereocenters. The summed E-state index contributed by atoms with van der Waals surface area (Å²) < 4.78 is 69.3. The Labute approximate surface area is 274 Å². The monoisotopic (exact) mass is 682 g/mol. The van der Waals surface area contributed by atoms with Gasteiger partial charge < -0.3 is 15.6 Å². The van der Waals surface area contributed by atoms with Crippen molar-refractivity contribution in [1.29, 1.82) is 0 Å². The first-order valence-electron chi connectivity index (χ1n) is 14.1. The first-order valence-corrected chi connectivity index (χ1v) is 17.0. The van der Waals surface area contributed by atoms with E-state index in [9.17, 15) is 36.2 Å². The maximum atomic E-state index is 12.3. The molecule has 12 nitrogen and oxygen atoms in total. The molecule has 0 aromatic heterocycles. The lowest BCUT2D eigenvalue weighted by Crippen LogP contribution is -2.10. The van der Waals surface area contributed by atoms with E-state index < -0.39 is 30.0 Å². The highest BCUT2D eigenvalue weighted by Gasteiger charge is 2.18. The summed E-state index contributed by atoms with van der Waals surface area (Å²) in [6.45, 7) is 0. The molecular formula is C34H26N4O8S2. The van der Waals surface area contributed by atoms with Crippen LogP contribution >= 0.6 is 0 Å². The summed E-state index contributed by atoms with van der Waals surface area (Å²) in [4.78, 5) is -1.04. The zero-order valence-corrected chi connectivity index (χ0v) is 26.3. The Bertz CT molecular complexity index is 2500. The van der Waals surface area contributed by atoms with Crippen molar-refractivity contribution >= 4 is 76.7 Å². The molecule has 0 amide bonds. The van der Waals surface area contributed by atoms with Crippen LogP contribution in [0.15, 0.2) is 129 Å². The molecule has 0 bridgehead atoms. The average Bonchev–Trinajstić information content (AvgIpc) is 3.06. The predicted molar refractivity (Wildman–Crippen MR) is 184 cm³/mol. The lowest BCUT2D eigenvalue weighted by Gasteiger charge is -2.15. The number of phenols is 2. The molecule has 6 aromatic carbocycles. The summed E-state index contributed by atoms with van der Waals surface area (Å²) >= 11 is 0. The number of phenolic OH excluding ortho intramolecular Hbond substituents is 2. The summed E-state index contributed by atoms with van der Waals surface area (Å²) in [5, 5.41) is 31.9. The second kappa shape index (κ2) is 12.8. The molecule has 0 aliphatic rings. The minimum Gasteiger partial charge on any atom is -0.506 e. The van der Waals surface area contributed by atoms with Crippen LogP contribution in [0.5, 0.6) is 11.5 Å². The minimum atomic E-state index is -4.79. The molecule has 48 heavy (non-hydrogen) atoms. The van der Waals surface area contributed by atoms with Crippen molar-refractivity contribution in [1.82, 2.24) is 0 Å². The van der Waals surface area contributed by atoms with Crippen LogP contribution in [0.25, 0.3) is 33.7 Å². The second-order valence-corrected chi connectivity index (χ2v) is 13.3. The van der Waals surface area contributed by atoms with Crippen molar-refractivity contribution in [2.45, 2.75) is 9.79 Å². The normalized spacial score (nSPS) is 12.3. The Hall–Kier alpha value is -5.80. The number of fused-ring (bicyclic) bond motifs is 2. The van der Waals surface area contributed by atoms with Crippen molar-refractivity contribution in [2.24, 2.45) is 10.2 Å². The highest BCUT2D eigenvalue weighted by Crippen LogP contribution is 2.37. The van der Waals surface area contributed by atoms with Crippen LogP contribution in [-0.2, 0) is 20.2 Å². The van der Waals surface area contributed by atoms with Crippen LogP contribution in [0.4, 0.5) is 22.7 Å². The van der Waals surface area contributed by atoms with E-state index in [2.05, 4.69) is 21.1 Å². The number of azo groups is 1. The van der Waals surface area contributed by atoms with E-state index in [1.54, 1.807) is 36.4 Å². The Balaban J connectivity index is 1.30. The van der Waals surface area contributed by atoms with Gasteiger partial charge in [0.1, 0.15) is 32.7 Å². The lowest BCUT2D eigenvalue weighted by atomic mass is 10.1. The SMILES string of the molecule is O=S(=O)(O)c1cc(N=Nc2c(O)ccc3ccccc23)ccc1/C=C\c1ccc(NNc2c(O)ccc3ccccc23)cc1S(=O)(=O)O. The number of hydrogen-bond acceptors (Lipinski definition) is 10. The van der Waals surface area contributed by atoms with Crippen molar-refractivity contribution < 1.29 is 36.2 Å². The number of nitrogens with zero attached hydrogens (tertiary/aromatic N) is 2. The van der Waals surface area contributed by atoms with Gasteiger partial charge in [0.25, 0.3) is 20.2 Å². The lowest BCUT2D eigenvalue weighted by molar-refractivity contribution is 0.477. The van der Waals surface area contributed by atoms with Gasteiger partial charge in [-0.05, 0) is 58.3 Å². The Kier molecular flexibility index (Phi) is 8.56. The number of hydrogen-bond donors (Lipinski definition) is 6. The van der Waals surface area contributed by atoms with Crippen molar-refractivity contribution in [3.8, 4) is 11.5 Å². The van der Waals surface area contributed by atoms with Gasteiger partial charge in [-0.15, -0.1) is 5.11 Å². The quantitative estimate of drug-likeness (QED) is 0.0286. The van der Waals surface area contributed by atoms with Gasteiger partial charge in [-0.3, -0.25) is 14.5 Å². The summed E-state index contributed by atoms with van der Waals surface area (Å²) in [6.07, 6.45) is 2.51. The number of rotatable bonds is 9. The van der Waals surface area contributed by atoms with E-state index >= 15 is 0 Å². The van der Waals surface area contributed by atoms with Crippen LogP contribution in [0.1, 0.15) is 11.1 Å². The molecule has 0 fully saturated rings. The molecule has 6 N–H and O–H groups in total. The van der Waals surface area contributed by atoms with Gasteiger partial charge in [0.05, 0.1) is 11.4 Å². The van der Waals surface area contributed by atoms with Crippen LogP contribution in [0.3, 0.4) is 0 Å². The Morgan fingerprint density at radius 1 is 0.562 bits per heavy atom. The molecule has 0 aliphatic carbocycles. The van der Waals surface area contributed by atoms with Crippen molar-refractivity contribution in [2.75, 3.05) is 10.9 Å². The molecule has 0 spiro atoms. The van der Waals surface area contributed by atoms with E-state index in [1.165, 1.54) is 48.6 Å². The van der Waals surface area contributed by atoms with E-state index in [1.807, 2.05) is 24.3 Å². The highest BCUT2D eigenvalue weighted by molar-refractivity contribution is 7.86. The maximum absolute atomic E-state index is 12.3. The average molecular weight is 683 g/mol. The van der Waals surface area contributed by atoms with E-state index in [0.717, 1.165) is 22.9 Å². The predicted octanol–water partition coefficient (Wildman–Crippen LogP) is 7.92. The third kappa shape index (κ3) is 6.82. The fourth-order valence-corrected chi connectivity index (χ4v) is 6.50. The van der Waals surface area contributed by atoms with Crippen molar-refractivity contribution in [3.05, 3.63) is 120 Å². The smallest absolute Gasteiger partial charge is 0.295 e. The van der Waals surface area contributed by atoms with E-state index in [0.29, 0.717) is 16.5 Å². The fourth-order valence-electron chi connectivity index (χ4n) is 5.08. The van der Waals surface area contributed by atoms with Gasteiger partial charge >= 0.3 is 0 Å². The number of nitrogens with one attached hydrogen (secondary N) is 2. The first-order chi connectivity index (χ1) is 22.9. The zero-order valence-electron chi connectivity index (χ0n) is 24.7. The number of aromatic hydroxyl groups is 2. The largest absolute Gasteiger partial charge is 0.506 e. The molecule has 242 valence electrons. The molecule has 0 heterocycles. The van der Waals surface area contributed by atoms with Crippen LogP contribution in [0.2, 0.25) is 0 Å². The molecule has 0 aliphatic heterocycles. The van der Waals surface area contributed by atoms with Gasteiger partial charge in [-0.25, -0.2) is 0 Å². The van der Waals surface area contributed by atoms with Gasteiger partial charge in [-0.1, -0.05) is 84.9 Å². The van der Waals surface area contributed by atoms with Crippen LogP contribution in [0, 0.1) is 0 Å².